The average Bonchev–Trinajstić information content (AvgIpc) is 3.24. The molecule has 0 bridgehead atoms. The first kappa shape index (κ1) is 22.0. The number of hydrogen-bond donors (Lipinski definition) is 1. The summed E-state index contributed by atoms with van der Waals surface area (Å²) >= 11 is 12.3. The number of halogens is 2. The highest BCUT2D eigenvalue weighted by molar-refractivity contribution is 6.31. The standard InChI is InChI=1S/C27H25Cl2N3O/c28-21-12-8-19(9-13-21)24-25(20-10-14-22(29)15-11-20)32-16-4-7-23(26(32)31-24)27(33)30-17-18-5-2-1-3-6-18/h4,7-16,18H,1-3,5-6,17H2,(H,30,33). The summed E-state index contributed by atoms with van der Waals surface area (Å²) in [6.45, 7) is 0.717. The Bertz CT molecular complexity index is 1270. The summed E-state index contributed by atoms with van der Waals surface area (Å²) in [5, 5.41) is 4.49. The van der Waals surface area contributed by atoms with Gasteiger partial charge in [-0.05, 0) is 55.2 Å². The first-order valence-electron chi connectivity index (χ1n) is 11.4. The van der Waals surface area contributed by atoms with Crippen LogP contribution in [-0.4, -0.2) is 21.8 Å². The Morgan fingerprint density at radius 1 is 0.909 bits per heavy atom. The Morgan fingerprint density at radius 2 is 1.55 bits per heavy atom. The molecule has 4 nitrogen and oxygen atoms in total. The molecule has 2 heterocycles. The number of benzene rings is 2. The minimum Gasteiger partial charge on any atom is -0.352 e. The van der Waals surface area contributed by atoms with Gasteiger partial charge in [0.25, 0.3) is 5.91 Å². The fraction of sp³-hybridized carbons (Fsp3) is 0.259. The minimum atomic E-state index is -0.0820. The molecule has 0 unspecified atom stereocenters. The number of rotatable bonds is 5. The molecule has 0 radical (unpaired) electrons. The molecule has 4 aromatic rings. The van der Waals surface area contributed by atoms with Gasteiger partial charge in [0, 0.05) is 33.9 Å². The van der Waals surface area contributed by atoms with Crippen LogP contribution in [0.3, 0.4) is 0 Å². The molecule has 5 rings (SSSR count). The zero-order valence-corrected chi connectivity index (χ0v) is 19.7. The molecule has 168 valence electrons. The summed E-state index contributed by atoms with van der Waals surface area (Å²) in [7, 11) is 0. The fourth-order valence-electron chi connectivity index (χ4n) is 4.66. The molecule has 33 heavy (non-hydrogen) atoms. The first-order valence-corrected chi connectivity index (χ1v) is 12.2. The Kier molecular flexibility index (Phi) is 6.39. The highest BCUT2D eigenvalue weighted by Gasteiger charge is 2.21. The maximum atomic E-state index is 13.2. The van der Waals surface area contributed by atoms with E-state index in [1.807, 2.05) is 71.3 Å². The van der Waals surface area contributed by atoms with Crippen molar-refractivity contribution in [3.05, 3.63) is 82.5 Å². The van der Waals surface area contributed by atoms with Gasteiger partial charge in [0.2, 0.25) is 0 Å². The lowest BCUT2D eigenvalue weighted by Gasteiger charge is -2.21. The molecule has 6 heteroatoms. The van der Waals surface area contributed by atoms with E-state index in [4.69, 9.17) is 28.2 Å². The quantitative estimate of drug-likeness (QED) is 0.328. The third-order valence-electron chi connectivity index (χ3n) is 6.41. The van der Waals surface area contributed by atoms with Crippen molar-refractivity contribution in [1.29, 1.82) is 0 Å². The second kappa shape index (κ2) is 9.58. The number of carbonyl (C=O) groups is 1. The van der Waals surface area contributed by atoms with E-state index in [0.717, 1.165) is 22.5 Å². The number of imidazole rings is 1. The highest BCUT2D eigenvalue weighted by Crippen LogP contribution is 2.34. The number of amides is 1. The van der Waals surface area contributed by atoms with Gasteiger partial charge in [0.05, 0.1) is 17.0 Å². The van der Waals surface area contributed by atoms with Gasteiger partial charge in [-0.25, -0.2) is 4.98 Å². The predicted octanol–water partition coefficient (Wildman–Crippen LogP) is 7.29. The van der Waals surface area contributed by atoms with Crippen molar-refractivity contribution >= 4 is 34.8 Å². The number of aromatic nitrogens is 2. The van der Waals surface area contributed by atoms with Crippen molar-refractivity contribution in [3.8, 4) is 22.5 Å². The van der Waals surface area contributed by atoms with Gasteiger partial charge < -0.3 is 5.32 Å². The van der Waals surface area contributed by atoms with Crippen molar-refractivity contribution in [1.82, 2.24) is 14.7 Å². The number of hydrogen-bond acceptors (Lipinski definition) is 2. The van der Waals surface area contributed by atoms with Gasteiger partial charge in [-0.15, -0.1) is 0 Å². The minimum absolute atomic E-state index is 0.0820. The van der Waals surface area contributed by atoms with Gasteiger partial charge >= 0.3 is 0 Å². The molecule has 1 aliphatic carbocycles. The van der Waals surface area contributed by atoms with Crippen molar-refractivity contribution in [2.24, 2.45) is 5.92 Å². The monoisotopic (exact) mass is 477 g/mol. The van der Waals surface area contributed by atoms with Crippen LogP contribution >= 0.6 is 23.2 Å². The maximum absolute atomic E-state index is 13.2. The molecule has 1 N–H and O–H groups in total. The van der Waals surface area contributed by atoms with Crippen molar-refractivity contribution < 1.29 is 4.79 Å². The lowest BCUT2D eigenvalue weighted by molar-refractivity contribution is 0.0944. The van der Waals surface area contributed by atoms with E-state index in [2.05, 4.69) is 5.32 Å². The van der Waals surface area contributed by atoms with E-state index < -0.39 is 0 Å². The van der Waals surface area contributed by atoms with E-state index >= 15 is 0 Å². The molecule has 1 saturated carbocycles. The Morgan fingerprint density at radius 3 is 2.21 bits per heavy atom. The molecule has 1 amide bonds. The number of fused-ring (bicyclic) bond motifs is 1. The van der Waals surface area contributed by atoms with Crippen LogP contribution in [0.25, 0.3) is 28.2 Å². The first-order chi connectivity index (χ1) is 16.1. The second-order valence-electron chi connectivity index (χ2n) is 8.65. The van der Waals surface area contributed by atoms with E-state index in [1.165, 1.54) is 32.1 Å². The summed E-state index contributed by atoms with van der Waals surface area (Å²) in [6, 6.07) is 19.0. The van der Waals surface area contributed by atoms with Crippen LogP contribution in [0.15, 0.2) is 66.9 Å². The van der Waals surface area contributed by atoms with Gasteiger partial charge in [0.15, 0.2) is 5.65 Å². The lowest BCUT2D eigenvalue weighted by atomic mass is 9.89. The van der Waals surface area contributed by atoms with Gasteiger partial charge in [-0.2, -0.15) is 0 Å². The smallest absolute Gasteiger partial charge is 0.255 e. The third kappa shape index (κ3) is 4.64. The zero-order chi connectivity index (χ0) is 22.8. The van der Waals surface area contributed by atoms with Gasteiger partial charge in [0.1, 0.15) is 0 Å². The van der Waals surface area contributed by atoms with Crippen LogP contribution in [0.2, 0.25) is 10.0 Å². The zero-order valence-electron chi connectivity index (χ0n) is 18.2. The van der Waals surface area contributed by atoms with Crippen LogP contribution in [0.5, 0.6) is 0 Å². The number of pyridine rings is 1. The average molecular weight is 478 g/mol. The summed E-state index contributed by atoms with van der Waals surface area (Å²) < 4.78 is 1.99. The molecule has 2 aromatic carbocycles. The van der Waals surface area contributed by atoms with Crippen molar-refractivity contribution in [2.75, 3.05) is 6.54 Å². The topological polar surface area (TPSA) is 46.4 Å². The molecule has 1 fully saturated rings. The summed E-state index contributed by atoms with van der Waals surface area (Å²) in [4.78, 5) is 18.1. The Labute approximate surface area is 203 Å². The van der Waals surface area contributed by atoms with Crippen LogP contribution < -0.4 is 5.32 Å². The van der Waals surface area contributed by atoms with Crippen molar-refractivity contribution in [3.63, 3.8) is 0 Å². The second-order valence-corrected chi connectivity index (χ2v) is 9.53. The largest absolute Gasteiger partial charge is 0.352 e. The SMILES string of the molecule is O=C(NCC1CCCCC1)c1cccn2c(-c3ccc(Cl)cc3)c(-c3ccc(Cl)cc3)nc12. The molecular weight excluding hydrogens is 453 g/mol. The third-order valence-corrected chi connectivity index (χ3v) is 6.91. The van der Waals surface area contributed by atoms with Gasteiger partial charge in [-0.1, -0.05) is 66.7 Å². The van der Waals surface area contributed by atoms with Crippen LogP contribution in [0.4, 0.5) is 0 Å². The molecule has 0 aliphatic heterocycles. The Hall–Kier alpha value is -2.82. The van der Waals surface area contributed by atoms with E-state index in [-0.39, 0.29) is 5.91 Å². The number of nitrogens with one attached hydrogen (secondary N) is 1. The lowest BCUT2D eigenvalue weighted by Crippen LogP contribution is -2.30. The maximum Gasteiger partial charge on any atom is 0.255 e. The molecule has 0 spiro atoms. The summed E-state index contributed by atoms with van der Waals surface area (Å²) in [5.74, 6) is 0.484. The fourth-order valence-corrected chi connectivity index (χ4v) is 4.91. The summed E-state index contributed by atoms with van der Waals surface area (Å²) in [6.07, 6.45) is 8.14. The molecule has 2 aromatic heterocycles. The molecule has 0 atom stereocenters. The Balaban J connectivity index is 1.58. The predicted molar refractivity (Wildman–Crippen MR) is 135 cm³/mol. The normalized spacial score (nSPS) is 14.5. The van der Waals surface area contributed by atoms with Crippen LogP contribution in [0, 0.1) is 5.92 Å². The summed E-state index contributed by atoms with van der Waals surface area (Å²) in [5.41, 5.74) is 4.81. The van der Waals surface area contributed by atoms with E-state index in [0.29, 0.717) is 33.7 Å². The van der Waals surface area contributed by atoms with Crippen LogP contribution in [-0.2, 0) is 0 Å². The number of carbonyl (C=O) groups excluding carboxylic acids is 1. The molecule has 1 aliphatic rings. The molecule has 0 saturated heterocycles. The van der Waals surface area contributed by atoms with Gasteiger partial charge in [-0.3, -0.25) is 9.20 Å². The van der Waals surface area contributed by atoms with Crippen molar-refractivity contribution in [2.45, 2.75) is 32.1 Å². The highest BCUT2D eigenvalue weighted by atomic mass is 35.5. The van der Waals surface area contributed by atoms with E-state index in [1.54, 1.807) is 0 Å². The van der Waals surface area contributed by atoms with E-state index in [9.17, 15) is 4.79 Å². The van der Waals surface area contributed by atoms with Crippen LogP contribution in [0.1, 0.15) is 42.5 Å². The number of nitrogens with zero attached hydrogens (tertiary/aromatic N) is 2. The molecular formula is C27H25Cl2N3O.